The Morgan fingerprint density at radius 1 is 1.46 bits per heavy atom. The van der Waals surface area contributed by atoms with Crippen LogP contribution in [0, 0.1) is 0 Å². The molecule has 1 heterocycles. The molecule has 0 aliphatic rings. The molecule has 1 aromatic carbocycles. The number of carbonyl (C=O) groups is 2. The van der Waals surface area contributed by atoms with Gasteiger partial charge in [0.1, 0.15) is 6.29 Å². The van der Waals surface area contributed by atoms with Crippen LogP contribution in [0.4, 0.5) is 5.13 Å². The Balaban J connectivity index is 2.05. The van der Waals surface area contributed by atoms with Crippen LogP contribution in [0.2, 0.25) is 5.02 Å². The van der Waals surface area contributed by atoms with Gasteiger partial charge in [0.05, 0.1) is 12.1 Å². The third kappa shape index (κ3) is 5.19. The lowest BCUT2D eigenvalue weighted by Gasteiger charge is -2.18. The van der Waals surface area contributed by atoms with Crippen LogP contribution >= 0.6 is 34.7 Å². The fourth-order valence-electron chi connectivity index (χ4n) is 2.36. The van der Waals surface area contributed by atoms with Crippen LogP contribution in [0.1, 0.15) is 37.9 Å². The quantitative estimate of drug-likeness (QED) is 0.467. The third-order valence-corrected chi connectivity index (χ3v) is 5.74. The molecule has 0 aliphatic heterocycles. The number of hydrogen-bond donors (Lipinski definition) is 1. The molecule has 138 valence electrons. The third-order valence-electron chi connectivity index (χ3n) is 3.95. The highest BCUT2D eigenvalue weighted by Gasteiger charge is 2.23. The maximum atomic E-state index is 12.4. The van der Waals surface area contributed by atoms with Gasteiger partial charge in [-0.25, -0.2) is 4.98 Å². The van der Waals surface area contributed by atoms with E-state index in [-0.39, 0.29) is 17.7 Å². The predicted molar refractivity (Wildman–Crippen MR) is 111 cm³/mol. The van der Waals surface area contributed by atoms with Gasteiger partial charge in [0, 0.05) is 27.1 Å². The van der Waals surface area contributed by atoms with Crippen LogP contribution in [-0.4, -0.2) is 23.4 Å². The second kappa shape index (κ2) is 8.84. The molecule has 0 spiro atoms. The summed E-state index contributed by atoms with van der Waals surface area (Å²) in [5.74, 6) is -0.184. The molecule has 0 saturated carbocycles. The fourth-order valence-corrected chi connectivity index (χ4v) is 4.08. The molecule has 0 unspecified atom stereocenters. The lowest BCUT2D eigenvalue weighted by atomic mass is 9.87. The second-order valence-electron chi connectivity index (χ2n) is 6.47. The van der Waals surface area contributed by atoms with Crippen molar-refractivity contribution in [3.8, 4) is 0 Å². The number of amides is 1. The SMILES string of the molecule is C=C(CC(=O)Nc1nc(C(C)(C)CC=O)cs1)c1cc(Cl)ccc1SC. The Hall–Kier alpha value is -1.63. The molecule has 0 radical (unpaired) electrons. The summed E-state index contributed by atoms with van der Waals surface area (Å²) in [6.07, 6.45) is 3.39. The molecule has 0 bridgehead atoms. The van der Waals surface area contributed by atoms with Crippen LogP contribution in [-0.2, 0) is 15.0 Å². The molecule has 0 saturated heterocycles. The highest BCUT2D eigenvalue weighted by molar-refractivity contribution is 7.98. The number of aldehydes is 1. The van der Waals surface area contributed by atoms with Crippen molar-refractivity contribution in [1.29, 1.82) is 0 Å². The predicted octanol–water partition coefficient (Wildman–Crippen LogP) is 5.43. The van der Waals surface area contributed by atoms with E-state index >= 15 is 0 Å². The lowest BCUT2D eigenvalue weighted by Crippen LogP contribution is -2.18. The van der Waals surface area contributed by atoms with Crippen molar-refractivity contribution in [3.63, 3.8) is 0 Å². The molecule has 0 fully saturated rings. The summed E-state index contributed by atoms with van der Waals surface area (Å²) in [6.45, 7) is 7.94. The van der Waals surface area contributed by atoms with Crippen LogP contribution in [0.5, 0.6) is 0 Å². The van der Waals surface area contributed by atoms with E-state index in [9.17, 15) is 9.59 Å². The molecule has 2 aromatic rings. The van der Waals surface area contributed by atoms with Gasteiger partial charge in [-0.15, -0.1) is 23.1 Å². The highest BCUT2D eigenvalue weighted by Crippen LogP contribution is 2.32. The zero-order valence-corrected chi connectivity index (χ0v) is 17.4. The summed E-state index contributed by atoms with van der Waals surface area (Å²) in [6, 6.07) is 5.57. The number of halogens is 1. The number of anilines is 1. The van der Waals surface area contributed by atoms with Crippen LogP contribution in [0.3, 0.4) is 0 Å². The van der Waals surface area contributed by atoms with Crippen molar-refractivity contribution >= 4 is 57.6 Å². The number of benzene rings is 1. The molecule has 1 aromatic heterocycles. The van der Waals surface area contributed by atoms with Crippen molar-refractivity contribution < 1.29 is 9.59 Å². The number of rotatable bonds is 8. The monoisotopic (exact) mass is 408 g/mol. The minimum absolute atomic E-state index is 0.153. The average molecular weight is 409 g/mol. The molecule has 4 nitrogen and oxygen atoms in total. The van der Waals surface area contributed by atoms with E-state index in [0.717, 1.165) is 22.4 Å². The summed E-state index contributed by atoms with van der Waals surface area (Å²) >= 11 is 9.01. The van der Waals surface area contributed by atoms with Gasteiger partial charge in [-0.2, -0.15) is 0 Å². The minimum Gasteiger partial charge on any atom is -0.303 e. The van der Waals surface area contributed by atoms with E-state index in [1.807, 2.05) is 43.7 Å². The second-order valence-corrected chi connectivity index (χ2v) is 8.61. The Kier molecular flexibility index (Phi) is 7.03. The summed E-state index contributed by atoms with van der Waals surface area (Å²) in [7, 11) is 0. The van der Waals surface area contributed by atoms with Gasteiger partial charge in [-0.1, -0.05) is 32.0 Å². The minimum atomic E-state index is -0.348. The van der Waals surface area contributed by atoms with Crippen molar-refractivity contribution in [2.75, 3.05) is 11.6 Å². The Morgan fingerprint density at radius 2 is 2.19 bits per heavy atom. The van der Waals surface area contributed by atoms with Crippen LogP contribution in [0.15, 0.2) is 35.1 Å². The summed E-state index contributed by atoms with van der Waals surface area (Å²) < 4.78 is 0. The first-order valence-electron chi connectivity index (χ1n) is 7.98. The van der Waals surface area contributed by atoms with Gasteiger partial charge < -0.3 is 10.1 Å². The molecule has 0 atom stereocenters. The van der Waals surface area contributed by atoms with E-state index < -0.39 is 0 Å². The van der Waals surface area contributed by atoms with Gasteiger partial charge in [0.25, 0.3) is 0 Å². The van der Waals surface area contributed by atoms with E-state index in [2.05, 4.69) is 16.9 Å². The normalized spacial score (nSPS) is 11.2. The Morgan fingerprint density at radius 3 is 2.85 bits per heavy atom. The number of nitrogens with zero attached hydrogens (tertiary/aromatic N) is 1. The first-order chi connectivity index (χ1) is 12.3. The summed E-state index contributed by atoms with van der Waals surface area (Å²) in [5, 5.41) is 5.81. The number of aromatic nitrogens is 1. The van der Waals surface area contributed by atoms with Gasteiger partial charge in [-0.05, 0) is 35.6 Å². The number of nitrogens with one attached hydrogen (secondary N) is 1. The zero-order valence-electron chi connectivity index (χ0n) is 15.0. The topological polar surface area (TPSA) is 59.1 Å². The van der Waals surface area contributed by atoms with E-state index in [1.54, 1.807) is 11.8 Å². The fraction of sp³-hybridized carbons (Fsp3) is 0.316. The van der Waals surface area contributed by atoms with Crippen molar-refractivity contribution in [1.82, 2.24) is 4.98 Å². The molecule has 26 heavy (non-hydrogen) atoms. The molecule has 7 heteroatoms. The average Bonchev–Trinajstić information content (AvgIpc) is 3.04. The maximum Gasteiger partial charge on any atom is 0.230 e. The number of hydrogen-bond acceptors (Lipinski definition) is 5. The van der Waals surface area contributed by atoms with Gasteiger partial charge in [-0.3, -0.25) is 4.79 Å². The summed E-state index contributed by atoms with van der Waals surface area (Å²) in [5.41, 5.74) is 2.03. The molecular weight excluding hydrogens is 388 g/mol. The van der Waals surface area contributed by atoms with Crippen molar-refractivity contribution in [3.05, 3.63) is 46.4 Å². The number of thioether (sulfide) groups is 1. The first kappa shape index (κ1) is 20.7. The molecule has 2 rings (SSSR count). The van der Waals surface area contributed by atoms with E-state index in [4.69, 9.17) is 11.6 Å². The lowest BCUT2D eigenvalue weighted by molar-refractivity contribution is -0.115. The van der Waals surface area contributed by atoms with E-state index in [1.165, 1.54) is 11.3 Å². The summed E-state index contributed by atoms with van der Waals surface area (Å²) in [4.78, 5) is 28.6. The number of carbonyl (C=O) groups excluding carboxylic acids is 2. The Labute approximate surface area is 167 Å². The van der Waals surface area contributed by atoms with Gasteiger partial charge in [0.15, 0.2) is 5.13 Å². The molecule has 1 N–H and O–H groups in total. The standard InChI is InChI=1S/C19H21ClN2O2S2/c1-12(14-10-13(20)5-6-15(14)25-4)9-17(24)22-18-21-16(11-26-18)19(2,3)7-8-23/h5-6,8,10-11H,1,7,9H2,2-4H3,(H,21,22,24). The van der Waals surface area contributed by atoms with Crippen LogP contribution in [0.25, 0.3) is 5.57 Å². The highest BCUT2D eigenvalue weighted by atomic mass is 35.5. The molecule has 1 amide bonds. The first-order valence-corrected chi connectivity index (χ1v) is 10.5. The number of thiazole rings is 1. The van der Waals surface area contributed by atoms with Crippen LogP contribution < -0.4 is 5.32 Å². The van der Waals surface area contributed by atoms with Crippen molar-refractivity contribution in [2.24, 2.45) is 0 Å². The van der Waals surface area contributed by atoms with Gasteiger partial charge >= 0.3 is 0 Å². The molecular formula is C19H21ClN2O2S2. The van der Waals surface area contributed by atoms with Gasteiger partial charge in [0.2, 0.25) is 5.91 Å². The van der Waals surface area contributed by atoms with Crippen molar-refractivity contribution in [2.45, 2.75) is 37.0 Å². The molecule has 0 aliphatic carbocycles. The zero-order chi connectivity index (χ0) is 19.3. The van der Waals surface area contributed by atoms with E-state index in [0.29, 0.717) is 22.1 Å². The maximum absolute atomic E-state index is 12.4. The Bertz CT molecular complexity index is 831. The smallest absolute Gasteiger partial charge is 0.230 e. The largest absolute Gasteiger partial charge is 0.303 e.